The summed E-state index contributed by atoms with van der Waals surface area (Å²) in [4.78, 5) is 1.54. The van der Waals surface area contributed by atoms with E-state index in [9.17, 15) is 13.2 Å². The normalized spacial score (nSPS) is 21.5. The fraction of sp³-hybridized carbons (Fsp3) is 1.00. The molecule has 2 nitrogen and oxygen atoms in total. The van der Waals surface area contributed by atoms with Crippen molar-refractivity contribution in [2.24, 2.45) is 5.92 Å². The lowest BCUT2D eigenvalue weighted by Gasteiger charge is -2.26. The standard InChI is InChI=1S/C13H25F3N2/c1-2-8-18(11-13(14,15)16)9-4-6-12-5-3-7-17-10-12/h12,17H,2-11H2,1H3. The maximum atomic E-state index is 12.4. The van der Waals surface area contributed by atoms with Gasteiger partial charge in [0, 0.05) is 0 Å². The molecule has 1 aliphatic heterocycles. The fourth-order valence-corrected chi connectivity index (χ4v) is 2.61. The summed E-state index contributed by atoms with van der Waals surface area (Å²) >= 11 is 0. The largest absolute Gasteiger partial charge is 0.401 e. The molecule has 1 fully saturated rings. The van der Waals surface area contributed by atoms with Crippen LogP contribution >= 0.6 is 0 Å². The molecule has 1 saturated heterocycles. The van der Waals surface area contributed by atoms with Gasteiger partial charge in [0.15, 0.2) is 0 Å². The van der Waals surface area contributed by atoms with E-state index in [0.717, 1.165) is 32.4 Å². The Kier molecular flexibility index (Phi) is 7.00. The minimum absolute atomic E-state index is 0.544. The molecule has 0 amide bonds. The number of nitrogens with zero attached hydrogens (tertiary/aromatic N) is 1. The summed E-state index contributed by atoms with van der Waals surface area (Å²) in [5.41, 5.74) is 0. The van der Waals surface area contributed by atoms with E-state index < -0.39 is 12.7 Å². The third-order valence-corrected chi connectivity index (χ3v) is 3.43. The molecule has 0 bridgehead atoms. The van der Waals surface area contributed by atoms with Crippen LogP contribution in [0.5, 0.6) is 0 Å². The third kappa shape index (κ3) is 7.21. The van der Waals surface area contributed by atoms with Crippen LogP contribution in [0.1, 0.15) is 39.0 Å². The smallest absolute Gasteiger partial charge is 0.316 e. The Bertz CT molecular complexity index is 213. The monoisotopic (exact) mass is 266 g/mol. The molecule has 1 unspecified atom stereocenters. The van der Waals surface area contributed by atoms with Crippen LogP contribution in [-0.2, 0) is 0 Å². The molecule has 1 aliphatic rings. The minimum Gasteiger partial charge on any atom is -0.316 e. The van der Waals surface area contributed by atoms with E-state index in [-0.39, 0.29) is 0 Å². The summed E-state index contributed by atoms with van der Waals surface area (Å²) < 4.78 is 37.1. The van der Waals surface area contributed by atoms with Crippen molar-refractivity contribution in [3.8, 4) is 0 Å². The highest BCUT2D eigenvalue weighted by molar-refractivity contribution is 4.70. The van der Waals surface area contributed by atoms with Gasteiger partial charge in [-0.15, -0.1) is 0 Å². The van der Waals surface area contributed by atoms with Gasteiger partial charge >= 0.3 is 6.18 Å². The number of nitrogens with one attached hydrogen (secondary N) is 1. The molecule has 0 saturated carbocycles. The van der Waals surface area contributed by atoms with E-state index in [1.165, 1.54) is 17.7 Å². The number of hydrogen-bond acceptors (Lipinski definition) is 2. The zero-order valence-corrected chi connectivity index (χ0v) is 11.2. The van der Waals surface area contributed by atoms with Crippen LogP contribution in [-0.4, -0.2) is 43.8 Å². The predicted molar refractivity (Wildman–Crippen MR) is 67.6 cm³/mol. The number of alkyl halides is 3. The lowest BCUT2D eigenvalue weighted by atomic mass is 9.94. The van der Waals surface area contributed by atoms with Gasteiger partial charge in [0.25, 0.3) is 0 Å². The molecule has 0 aliphatic carbocycles. The van der Waals surface area contributed by atoms with Crippen LogP contribution in [0.2, 0.25) is 0 Å². The van der Waals surface area contributed by atoms with E-state index in [1.807, 2.05) is 6.92 Å². The van der Waals surface area contributed by atoms with Gasteiger partial charge < -0.3 is 5.32 Å². The molecule has 0 aromatic heterocycles. The first-order chi connectivity index (χ1) is 8.51. The van der Waals surface area contributed by atoms with Gasteiger partial charge in [0.2, 0.25) is 0 Å². The number of halogens is 3. The molecule has 0 spiro atoms. The van der Waals surface area contributed by atoms with Crippen LogP contribution in [0.15, 0.2) is 0 Å². The zero-order chi connectivity index (χ0) is 13.4. The van der Waals surface area contributed by atoms with Crippen LogP contribution in [0.25, 0.3) is 0 Å². The van der Waals surface area contributed by atoms with Crippen LogP contribution in [0.4, 0.5) is 13.2 Å². The van der Waals surface area contributed by atoms with E-state index >= 15 is 0 Å². The molecule has 0 radical (unpaired) electrons. The first kappa shape index (κ1) is 15.8. The van der Waals surface area contributed by atoms with Gasteiger partial charge in [-0.25, -0.2) is 0 Å². The summed E-state index contributed by atoms with van der Waals surface area (Å²) in [5, 5.41) is 3.34. The lowest BCUT2D eigenvalue weighted by molar-refractivity contribution is -0.146. The topological polar surface area (TPSA) is 15.3 Å². The number of hydrogen-bond donors (Lipinski definition) is 1. The lowest BCUT2D eigenvalue weighted by Crippen LogP contribution is -2.36. The Balaban J connectivity index is 2.19. The van der Waals surface area contributed by atoms with Gasteiger partial charge in [-0.3, -0.25) is 4.90 Å². The molecule has 5 heteroatoms. The number of rotatable bonds is 7. The molecule has 18 heavy (non-hydrogen) atoms. The van der Waals surface area contributed by atoms with E-state index in [4.69, 9.17) is 0 Å². The maximum Gasteiger partial charge on any atom is 0.401 e. The minimum atomic E-state index is -4.07. The Labute approximate surface area is 108 Å². The van der Waals surface area contributed by atoms with Crippen molar-refractivity contribution in [1.82, 2.24) is 10.2 Å². The Morgan fingerprint density at radius 1 is 1.28 bits per heavy atom. The van der Waals surface area contributed by atoms with Gasteiger partial charge in [-0.05, 0) is 64.2 Å². The summed E-state index contributed by atoms with van der Waals surface area (Å²) in [6.07, 6.45) is 1.06. The molecule has 1 heterocycles. The average Bonchev–Trinajstić information content (AvgIpc) is 2.28. The predicted octanol–water partition coefficient (Wildman–Crippen LogP) is 3.04. The SMILES string of the molecule is CCCN(CCCC1CCCNC1)CC(F)(F)F. The first-order valence-corrected chi connectivity index (χ1v) is 7.01. The second-order valence-corrected chi connectivity index (χ2v) is 5.25. The average molecular weight is 266 g/mol. The quantitative estimate of drug-likeness (QED) is 0.762. The van der Waals surface area contributed by atoms with Crippen molar-refractivity contribution in [2.45, 2.75) is 45.2 Å². The van der Waals surface area contributed by atoms with Crippen molar-refractivity contribution < 1.29 is 13.2 Å². The van der Waals surface area contributed by atoms with E-state index in [1.54, 1.807) is 0 Å². The summed E-state index contributed by atoms with van der Waals surface area (Å²) in [5.74, 6) is 0.660. The van der Waals surface area contributed by atoms with Crippen molar-refractivity contribution in [3.05, 3.63) is 0 Å². The Morgan fingerprint density at radius 3 is 2.61 bits per heavy atom. The molecule has 0 aromatic carbocycles. The molecule has 1 atom stereocenters. The maximum absolute atomic E-state index is 12.4. The summed E-state index contributed by atoms with van der Waals surface area (Å²) in [6.45, 7) is 4.41. The van der Waals surface area contributed by atoms with Crippen LogP contribution < -0.4 is 5.32 Å². The summed E-state index contributed by atoms with van der Waals surface area (Å²) in [7, 11) is 0. The highest BCUT2D eigenvalue weighted by Crippen LogP contribution is 2.19. The molecule has 1 N–H and O–H groups in total. The van der Waals surface area contributed by atoms with E-state index in [0.29, 0.717) is 19.0 Å². The second-order valence-electron chi connectivity index (χ2n) is 5.25. The first-order valence-electron chi connectivity index (χ1n) is 7.01. The molecule has 108 valence electrons. The van der Waals surface area contributed by atoms with Crippen LogP contribution in [0, 0.1) is 5.92 Å². The third-order valence-electron chi connectivity index (χ3n) is 3.43. The molecular weight excluding hydrogens is 241 g/mol. The highest BCUT2D eigenvalue weighted by atomic mass is 19.4. The Morgan fingerprint density at radius 2 is 2.06 bits per heavy atom. The van der Waals surface area contributed by atoms with Crippen molar-refractivity contribution in [1.29, 1.82) is 0 Å². The zero-order valence-electron chi connectivity index (χ0n) is 11.2. The van der Waals surface area contributed by atoms with E-state index in [2.05, 4.69) is 5.32 Å². The molecule has 0 aromatic rings. The van der Waals surface area contributed by atoms with Gasteiger partial charge in [-0.1, -0.05) is 6.92 Å². The Hall–Kier alpha value is -0.290. The summed E-state index contributed by atoms with van der Waals surface area (Å²) in [6, 6.07) is 0. The molecule has 1 rings (SSSR count). The number of piperidine rings is 1. The highest BCUT2D eigenvalue weighted by Gasteiger charge is 2.30. The van der Waals surface area contributed by atoms with Crippen LogP contribution in [0.3, 0.4) is 0 Å². The van der Waals surface area contributed by atoms with Crippen molar-refractivity contribution in [2.75, 3.05) is 32.7 Å². The van der Waals surface area contributed by atoms with Gasteiger partial charge in [0.05, 0.1) is 6.54 Å². The van der Waals surface area contributed by atoms with Crippen molar-refractivity contribution >= 4 is 0 Å². The molecular formula is C13H25F3N2. The van der Waals surface area contributed by atoms with Crippen molar-refractivity contribution in [3.63, 3.8) is 0 Å². The van der Waals surface area contributed by atoms with Gasteiger partial charge in [-0.2, -0.15) is 13.2 Å². The van der Waals surface area contributed by atoms with Gasteiger partial charge in [0.1, 0.15) is 0 Å². The second kappa shape index (κ2) is 8.00. The fourth-order valence-electron chi connectivity index (χ4n) is 2.61.